The Morgan fingerprint density at radius 1 is 1.21 bits per heavy atom. The highest BCUT2D eigenvalue weighted by Gasteiger charge is 2.33. The molecule has 1 aliphatic heterocycles. The van der Waals surface area contributed by atoms with Crippen molar-refractivity contribution in [3.05, 3.63) is 101 Å². The minimum atomic E-state index is -0.722. The predicted molar refractivity (Wildman–Crippen MR) is 126 cm³/mol. The van der Waals surface area contributed by atoms with Crippen LogP contribution in [-0.2, 0) is 9.53 Å². The van der Waals surface area contributed by atoms with E-state index in [-0.39, 0.29) is 17.9 Å². The third kappa shape index (κ3) is 4.27. The van der Waals surface area contributed by atoms with Crippen LogP contribution in [0.15, 0.2) is 69.6 Å². The molecule has 0 bridgehead atoms. The van der Waals surface area contributed by atoms with E-state index in [1.54, 1.807) is 63.4 Å². The number of aromatic nitrogens is 1. The van der Waals surface area contributed by atoms with Crippen LogP contribution < -0.4 is 19.6 Å². The van der Waals surface area contributed by atoms with Crippen LogP contribution in [0.1, 0.15) is 31.0 Å². The van der Waals surface area contributed by atoms with E-state index in [1.807, 2.05) is 0 Å². The van der Waals surface area contributed by atoms with Gasteiger partial charge in [0.05, 0.1) is 40.5 Å². The van der Waals surface area contributed by atoms with Crippen molar-refractivity contribution in [1.29, 1.82) is 0 Å². The van der Waals surface area contributed by atoms with Gasteiger partial charge < -0.3 is 9.47 Å². The average Bonchev–Trinajstić information content (AvgIpc) is 3.13. The number of fused-ring (bicyclic) bond motifs is 1. The summed E-state index contributed by atoms with van der Waals surface area (Å²) in [4.78, 5) is 41.8. The fourth-order valence-corrected chi connectivity index (χ4v) is 4.78. The summed E-state index contributed by atoms with van der Waals surface area (Å²) >= 11 is 1.19. The van der Waals surface area contributed by atoms with Gasteiger partial charge in [0.15, 0.2) is 4.80 Å². The lowest BCUT2D eigenvalue weighted by atomic mass is 9.96. The smallest absolute Gasteiger partial charge is 0.338 e. The van der Waals surface area contributed by atoms with Crippen LogP contribution in [0.4, 0.5) is 5.69 Å². The van der Waals surface area contributed by atoms with Crippen LogP contribution in [0.5, 0.6) is 5.75 Å². The van der Waals surface area contributed by atoms with E-state index in [4.69, 9.17) is 9.47 Å². The Labute approximate surface area is 198 Å². The predicted octanol–water partition coefficient (Wildman–Crippen LogP) is 2.72. The fourth-order valence-electron chi connectivity index (χ4n) is 3.74. The number of nitro groups is 1. The molecular formula is C24H21N3O6S. The first-order chi connectivity index (χ1) is 16.3. The van der Waals surface area contributed by atoms with E-state index in [1.165, 1.54) is 28.0 Å². The highest BCUT2D eigenvalue weighted by Crippen LogP contribution is 2.31. The zero-order valence-corrected chi connectivity index (χ0v) is 19.5. The molecule has 1 aromatic heterocycles. The number of carbonyl (C=O) groups excluding carboxylic acids is 1. The minimum Gasteiger partial charge on any atom is -0.497 e. The van der Waals surface area contributed by atoms with Crippen LogP contribution in [0, 0.1) is 10.1 Å². The molecule has 0 unspecified atom stereocenters. The number of benzene rings is 2. The Balaban J connectivity index is 1.90. The quantitative estimate of drug-likeness (QED) is 0.305. The highest BCUT2D eigenvalue weighted by atomic mass is 32.1. The average molecular weight is 480 g/mol. The molecule has 9 nitrogen and oxygen atoms in total. The van der Waals surface area contributed by atoms with Crippen LogP contribution in [0.2, 0.25) is 0 Å². The number of ether oxygens (including phenoxy) is 2. The Morgan fingerprint density at radius 3 is 2.47 bits per heavy atom. The van der Waals surface area contributed by atoms with Crippen LogP contribution in [-0.4, -0.2) is 29.2 Å². The zero-order chi connectivity index (χ0) is 24.4. The van der Waals surface area contributed by atoms with E-state index in [2.05, 4.69) is 4.99 Å². The molecule has 0 fully saturated rings. The summed E-state index contributed by atoms with van der Waals surface area (Å²) in [6.45, 7) is 3.63. The van der Waals surface area contributed by atoms with E-state index in [9.17, 15) is 19.7 Å². The second-order valence-corrected chi connectivity index (χ2v) is 8.43. The number of esters is 1. The zero-order valence-electron chi connectivity index (χ0n) is 18.7. The topological polar surface area (TPSA) is 113 Å². The SMILES string of the molecule is CCOC(=O)C1=C(C)N=c2sc(=Cc3ccc([N+](=O)[O-])cc3)c(=O)n2[C@H]1c1ccc(OC)cc1. The van der Waals surface area contributed by atoms with E-state index < -0.39 is 16.9 Å². The van der Waals surface area contributed by atoms with Gasteiger partial charge >= 0.3 is 5.97 Å². The third-order valence-electron chi connectivity index (χ3n) is 5.35. The first-order valence-corrected chi connectivity index (χ1v) is 11.2. The third-order valence-corrected chi connectivity index (χ3v) is 6.33. The number of nitro benzene ring substituents is 1. The summed E-state index contributed by atoms with van der Waals surface area (Å²) in [7, 11) is 1.56. The van der Waals surface area contributed by atoms with Crippen molar-refractivity contribution in [1.82, 2.24) is 4.57 Å². The maximum atomic E-state index is 13.5. The number of thiazole rings is 1. The van der Waals surface area contributed by atoms with E-state index >= 15 is 0 Å². The maximum absolute atomic E-state index is 13.5. The summed E-state index contributed by atoms with van der Waals surface area (Å²) in [6, 6.07) is 12.3. The van der Waals surface area contributed by atoms with Crippen molar-refractivity contribution in [2.24, 2.45) is 4.99 Å². The number of rotatable bonds is 6. The van der Waals surface area contributed by atoms with Crippen molar-refractivity contribution in [3.8, 4) is 5.75 Å². The van der Waals surface area contributed by atoms with Gasteiger partial charge in [-0.2, -0.15) is 0 Å². The molecule has 4 rings (SSSR count). The molecular weight excluding hydrogens is 458 g/mol. The second kappa shape index (κ2) is 9.44. The molecule has 0 aliphatic carbocycles. The number of carbonyl (C=O) groups is 1. The van der Waals surface area contributed by atoms with Crippen molar-refractivity contribution < 1.29 is 19.2 Å². The van der Waals surface area contributed by atoms with Crippen molar-refractivity contribution >= 4 is 29.1 Å². The number of non-ortho nitro benzene ring substituents is 1. The maximum Gasteiger partial charge on any atom is 0.338 e. The molecule has 1 atom stereocenters. The number of nitrogens with zero attached hydrogens (tertiary/aromatic N) is 3. The summed E-state index contributed by atoms with van der Waals surface area (Å²) in [5.74, 6) is 0.113. The van der Waals surface area contributed by atoms with Crippen LogP contribution in [0.25, 0.3) is 6.08 Å². The molecule has 0 amide bonds. The Kier molecular flexibility index (Phi) is 6.42. The molecule has 10 heteroatoms. The number of hydrogen-bond donors (Lipinski definition) is 0. The largest absolute Gasteiger partial charge is 0.497 e. The molecule has 0 saturated carbocycles. The van der Waals surface area contributed by atoms with Crippen molar-refractivity contribution in [2.75, 3.05) is 13.7 Å². The molecule has 0 spiro atoms. The Hall–Kier alpha value is -4.05. The molecule has 0 N–H and O–H groups in total. The standard InChI is InChI=1S/C24H21N3O6S/c1-4-33-23(29)20-14(2)25-24-26(21(20)16-7-11-18(32-3)12-8-16)22(28)19(34-24)13-15-5-9-17(10-6-15)27(30)31/h5-13,21H,4H2,1-3H3/t21-/m0/s1. The monoisotopic (exact) mass is 479 g/mol. The fraction of sp³-hybridized carbons (Fsp3) is 0.208. The molecule has 0 saturated heterocycles. The highest BCUT2D eigenvalue weighted by molar-refractivity contribution is 7.07. The lowest BCUT2D eigenvalue weighted by molar-refractivity contribution is -0.384. The number of allylic oxidation sites excluding steroid dienone is 1. The van der Waals surface area contributed by atoms with Crippen LogP contribution in [0.3, 0.4) is 0 Å². The second-order valence-electron chi connectivity index (χ2n) is 7.42. The van der Waals surface area contributed by atoms with E-state index in [0.717, 1.165) is 0 Å². The van der Waals surface area contributed by atoms with Gasteiger partial charge in [0.1, 0.15) is 5.75 Å². The number of methoxy groups -OCH3 is 1. The van der Waals surface area contributed by atoms with Gasteiger partial charge in [-0.15, -0.1) is 0 Å². The summed E-state index contributed by atoms with van der Waals surface area (Å²) < 4.78 is 12.4. The van der Waals surface area contributed by atoms with E-state index in [0.29, 0.717) is 37.5 Å². The minimum absolute atomic E-state index is 0.0344. The molecule has 3 aromatic rings. The molecule has 34 heavy (non-hydrogen) atoms. The molecule has 0 radical (unpaired) electrons. The molecule has 174 valence electrons. The normalized spacial score (nSPS) is 15.5. The molecule has 1 aliphatic rings. The first kappa shape index (κ1) is 23.1. The van der Waals surface area contributed by atoms with Gasteiger partial charge in [-0.3, -0.25) is 19.5 Å². The van der Waals surface area contributed by atoms with Crippen molar-refractivity contribution in [3.63, 3.8) is 0 Å². The summed E-state index contributed by atoms with van der Waals surface area (Å²) in [5.41, 5.74) is 1.76. The lowest BCUT2D eigenvalue weighted by Crippen LogP contribution is -2.39. The van der Waals surface area contributed by atoms with Gasteiger partial charge in [-0.25, -0.2) is 9.79 Å². The van der Waals surface area contributed by atoms with Crippen molar-refractivity contribution in [2.45, 2.75) is 19.9 Å². The van der Waals surface area contributed by atoms with Crippen LogP contribution >= 0.6 is 11.3 Å². The number of hydrogen-bond acceptors (Lipinski definition) is 8. The Morgan fingerprint density at radius 2 is 1.88 bits per heavy atom. The van der Waals surface area contributed by atoms with Gasteiger partial charge in [0.25, 0.3) is 11.2 Å². The van der Waals surface area contributed by atoms with Gasteiger partial charge in [-0.05, 0) is 55.3 Å². The summed E-state index contributed by atoms with van der Waals surface area (Å²) in [5, 5.41) is 10.9. The van der Waals surface area contributed by atoms with Gasteiger partial charge in [-0.1, -0.05) is 23.5 Å². The molecule has 2 aromatic carbocycles. The molecule has 2 heterocycles. The first-order valence-electron chi connectivity index (χ1n) is 10.4. The van der Waals surface area contributed by atoms with Gasteiger partial charge in [0, 0.05) is 12.1 Å². The summed E-state index contributed by atoms with van der Waals surface area (Å²) in [6.07, 6.45) is 1.65. The lowest BCUT2D eigenvalue weighted by Gasteiger charge is -2.24. The van der Waals surface area contributed by atoms with Gasteiger partial charge in [0.2, 0.25) is 0 Å². The Bertz CT molecular complexity index is 1470.